The summed E-state index contributed by atoms with van der Waals surface area (Å²) in [4.78, 5) is 14.2. The van der Waals surface area contributed by atoms with Crippen molar-refractivity contribution in [3.05, 3.63) is 29.3 Å². The van der Waals surface area contributed by atoms with E-state index in [0.717, 1.165) is 31.7 Å². The van der Waals surface area contributed by atoms with Crippen LogP contribution in [0.3, 0.4) is 0 Å². The van der Waals surface area contributed by atoms with Crippen molar-refractivity contribution in [3.63, 3.8) is 0 Å². The fraction of sp³-hybridized carbons (Fsp3) is 0.462. The molecule has 0 aromatic heterocycles. The van der Waals surface area contributed by atoms with E-state index >= 15 is 0 Å². The van der Waals surface area contributed by atoms with Gasteiger partial charge in [0.15, 0.2) is 0 Å². The van der Waals surface area contributed by atoms with Crippen molar-refractivity contribution in [1.29, 1.82) is 0 Å². The summed E-state index contributed by atoms with van der Waals surface area (Å²) in [6.45, 7) is 5.34. The Morgan fingerprint density at radius 3 is 2.56 bits per heavy atom. The molecular formula is C13H19N3O2. The quantitative estimate of drug-likeness (QED) is 0.805. The summed E-state index contributed by atoms with van der Waals surface area (Å²) in [6.07, 6.45) is 0. The number of benzene rings is 1. The first-order chi connectivity index (χ1) is 8.56. The van der Waals surface area contributed by atoms with Crippen molar-refractivity contribution in [3.8, 4) is 5.75 Å². The zero-order valence-electron chi connectivity index (χ0n) is 10.8. The van der Waals surface area contributed by atoms with Crippen LogP contribution in [0.25, 0.3) is 0 Å². The molecule has 1 heterocycles. The monoisotopic (exact) mass is 249 g/mol. The molecule has 98 valence electrons. The number of hydrazine groups is 1. The highest BCUT2D eigenvalue weighted by atomic mass is 16.3. The van der Waals surface area contributed by atoms with Crippen molar-refractivity contribution in [2.24, 2.45) is 0 Å². The van der Waals surface area contributed by atoms with E-state index in [4.69, 9.17) is 0 Å². The molecule has 1 fully saturated rings. The molecule has 0 unspecified atom stereocenters. The third kappa shape index (κ3) is 3.00. The van der Waals surface area contributed by atoms with Crippen LogP contribution >= 0.6 is 0 Å². The Bertz CT molecular complexity index is 440. The normalized spacial score (nSPS) is 17.7. The molecule has 1 aliphatic rings. The number of likely N-dealkylation sites (N-methyl/N-ethyl adjacent to an activating group) is 1. The second kappa shape index (κ2) is 5.37. The lowest BCUT2D eigenvalue weighted by Crippen LogP contribution is -2.52. The van der Waals surface area contributed by atoms with Crippen LogP contribution in [0, 0.1) is 6.92 Å². The topological polar surface area (TPSA) is 55.8 Å². The highest BCUT2D eigenvalue weighted by Gasteiger charge is 2.18. The summed E-state index contributed by atoms with van der Waals surface area (Å²) >= 11 is 0. The summed E-state index contributed by atoms with van der Waals surface area (Å²) in [7, 11) is 2.06. The van der Waals surface area contributed by atoms with Gasteiger partial charge < -0.3 is 10.0 Å². The molecule has 18 heavy (non-hydrogen) atoms. The minimum Gasteiger partial charge on any atom is -0.507 e. The molecule has 0 bridgehead atoms. The zero-order chi connectivity index (χ0) is 13.1. The number of carbonyl (C=O) groups excluding carboxylic acids is 1. The average Bonchev–Trinajstić information content (AvgIpc) is 2.32. The second-order valence-electron chi connectivity index (χ2n) is 4.75. The van der Waals surface area contributed by atoms with Gasteiger partial charge in [0.25, 0.3) is 5.91 Å². The number of amides is 1. The van der Waals surface area contributed by atoms with E-state index in [0.29, 0.717) is 5.56 Å². The number of hydrogen-bond donors (Lipinski definition) is 2. The van der Waals surface area contributed by atoms with Crippen molar-refractivity contribution in [1.82, 2.24) is 15.3 Å². The molecular weight excluding hydrogens is 230 g/mol. The number of carbonyl (C=O) groups is 1. The van der Waals surface area contributed by atoms with Gasteiger partial charge in [0.1, 0.15) is 5.75 Å². The molecule has 5 nitrogen and oxygen atoms in total. The van der Waals surface area contributed by atoms with Crippen LogP contribution in [0.5, 0.6) is 5.75 Å². The summed E-state index contributed by atoms with van der Waals surface area (Å²) in [5, 5.41) is 11.6. The number of nitrogens with zero attached hydrogens (tertiary/aromatic N) is 2. The van der Waals surface area contributed by atoms with E-state index in [1.165, 1.54) is 0 Å². The molecule has 1 aromatic carbocycles. The third-order valence-corrected chi connectivity index (χ3v) is 3.16. The number of nitrogens with one attached hydrogen (secondary N) is 1. The number of hydrogen-bond acceptors (Lipinski definition) is 4. The van der Waals surface area contributed by atoms with Gasteiger partial charge in [-0.2, -0.15) is 0 Å². The van der Waals surface area contributed by atoms with Gasteiger partial charge in [-0.25, -0.2) is 5.01 Å². The number of phenols is 1. The Hall–Kier alpha value is -1.59. The van der Waals surface area contributed by atoms with Crippen LogP contribution in [-0.4, -0.2) is 54.1 Å². The lowest BCUT2D eigenvalue weighted by Gasteiger charge is -2.32. The third-order valence-electron chi connectivity index (χ3n) is 3.16. The lowest BCUT2D eigenvalue weighted by molar-refractivity contribution is 0.0660. The largest absolute Gasteiger partial charge is 0.507 e. The Kier molecular flexibility index (Phi) is 3.84. The van der Waals surface area contributed by atoms with Gasteiger partial charge in [0.05, 0.1) is 5.56 Å². The maximum absolute atomic E-state index is 12.0. The van der Waals surface area contributed by atoms with Crippen LogP contribution in [0.4, 0.5) is 0 Å². The van der Waals surface area contributed by atoms with Crippen molar-refractivity contribution in [2.75, 3.05) is 33.2 Å². The Morgan fingerprint density at radius 1 is 1.28 bits per heavy atom. The first kappa shape index (κ1) is 12.9. The fourth-order valence-corrected chi connectivity index (χ4v) is 1.96. The van der Waals surface area contributed by atoms with Gasteiger partial charge in [-0.1, -0.05) is 6.07 Å². The Balaban J connectivity index is 1.99. The van der Waals surface area contributed by atoms with Gasteiger partial charge in [0.2, 0.25) is 0 Å². The molecule has 0 saturated carbocycles. The number of piperazine rings is 1. The molecule has 2 N–H and O–H groups in total. The van der Waals surface area contributed by atoms with Crippen molar-refractivity contribution in [2.45, 2.75) is 6.92 Å². The minimum absolute atomic E-state index is 0.0293. The highest BCUT2D eigenvalue weighted by molar-refractivity contribution is 5.96. The van der Waals surface area contributed by atoms with Crippen LogP contribution < -0.4 is 5.43 Å². The first-order valence-electron chi connectivity index (χ1n) is 6.10. The van der Waals surface area contributed by atoms with E-state index in [1.807, 2.05) is 18.0 Å². The standard InChI is InChI=1S/C13H19N3O2/c1-10-3-4-11(12(17)9-10)13(18)14-16-7-5-15(2)6-8-16/h3-4,9,17H,5-8H2,1-2H3,(H,14,18). The molecule has 1 aromatic rings. The Labute approximate surface area is 107 Å². The summed E-state index contributed by atoms with van der Waals surface area (Å²) in [5.41, 5.74) is 4.08. The average molecular weight is 249 g/mol. The van der Waals surface area contributed by atoms with Gasteiger partial charge >= 0.3 is 0 Å². The summed E-state index contributed by atoms with van der Waals surface area (Å²) in [6, 6.07) is 5.06. The van der Waals surface area contributed by atoms with Crippen LogP contribution in [-0.2, 0) is 0 Å². The number of phenolic OH excluding ortho intramolecular Hbond substituents is 1. The van der Waals surface area contributed by atoms with E-state index in [1.54, 1.807) is 12.1 Å². The molecule has 0 radical (unpaired) electrons. The van der Waals surface area contributed by atoms with Crippen molar-refractivity contribution >= 4 is 5.91 Å². The van der Waals surface area contributed by atoms with Crippen LogP contribution in [0.2, 0.25) is 0 Å². The lowest BCUT2D eigenvalue weighted by atomic mass is 10.1. The Morgan fingerprint density at radius 2 is 1.94 bits per heavy atom. The van der Waals surface area contributed by atoms with E-state index in [-0.39, 0.29) is 11.7 Å². The smallest absolute Gasteiger partial charge is 0.269 e. The van der Waals surface area contributed by atoms with Gasteiger partial charge in [-0.15, -0.1) is 0 Å². The maximum atomic E-state index is 12.0. The predicted molar refractivity (Wildman–Crippen MR) is 69.4 cm³/mol. The minimum atomic E-state index is -0.253. The molecule has 5 heteroatoms. The van der Waals surface area contributed by atoms with Gasteiger partial charge in [0, 0.05) is 26.2 Å². The molecule has 0 spiro atoms. The number of aryl methyl sites for hydroxylation is 1. The molecule has 1 saturated heterocycles. The van der Waals surface area contributed by atoms with Gasteiger partial charge in [-0.3, -0.25) is 10.2 Å². The van der Waals surface area contributed by atoms with Crippen LogP contribution in [0.15, 0.2) is 18.2 Å². The van der Waals surface area contributed by atoms with Crippen LogP contribution in [0.1, 0.15) is 15.9 Å². The van der Waals surface area contributed by atoms with Gasteiger partial charge in [-0.05, 0) is 31.7 Å². The SMILES string of the molecule is Cc1ccc(C(=O)NN2CCN(C)CC2)c(O)c1. The molecule has 1 aliphatic heterocycles. The van der Waals surface area contributed by atoms with E-state index in [9.17, 15) is 9.90 Å². The van der Waals surface area contributed by atoms with E-state index in [2.05, 4.69) is 17.4 Å². The number of aromatic hydroxyl groups is 1. The molecule has 1 amide bonds. The predicted octanol–water partition coefficient (Wildman–Crippen LogP) is 0.593. The number of rotatable bonds is 2. The van der Waals surface area contributed by atoms with E-state index < -0.39 is 0 Å². The zero-order valence-corrected chi connectivity index (χ0v) is 10.8. The summed E-state index contributed by atoms with van der Waals surface area (Å²) < 4.78 is 0. The fourth-order valence-electron chi connectivity index (χ4n) is 1.96. The first-order valence-corrected chi connectivity index (χ1v) is 6.10. The highest BCUT2D eigenvalue weighted by Crippen LogP contribution is 2.18. The molecule has 0 atom stereocenters. The second-order valence-corrected chi connectivity index (χ2v) is 4.75. The van der Waals surface area contributed by atoms with Crippen molar-refractivity contribution < 1.29 is 9.90 Å². The summed E-state index contributed by atoms with van der Waals surface area (Å²) in [5.74, 6) is -0.223. The molecule has 0 aliphatic carbocycles. The molecule has 2 rings (SSSR count). The maximum Gasteiger partial charge on any atom is 0.269 e.